The van der Waals surface area contributed by atoms with Gasteiger partial charge in [-0.3, -0.25) is 0 Å². The number of ether oxygens (including phenoxy) is 1. The summed E-state index contributed by atoms with van der Waals surface area (Å²) >= 11 is 0. The summed E-state index contributed by atoms with van der Waals surface area (Å²) in [5.41, 5.74) is 6.01. The van der Waals surface area contributed by atoms with Crippen LogP contribution in [0.4, 0.5) is 13.2 Å². The van der Waals surface area contributed by atoms with Gasteiger partial charge in [0.05, 0.1) is 18.4 Å². The Morgan fingerprint density at radius 1 is 1.19 bits per heavy atom. The first-order chi connectivity index (χ1) is 9.95. The molecule has 0 aliphatic rings. The van der Waals surface area contributed by atoms with Crippen molar-refractivity contribution in [2.45, 2.75) is 26.6 Å². The monoisotopic (exact) mass is 301 g/mol. The summed E-state index contributed by atoms with van der Waals surface area (Å²) < 4.78 is 43.8. The summed E-state index contributed by atoms with van der Waals surface area (Å²) in [5.74, 6) is 0.363. The summed E-state index contributed by atoms with van der Waals surface area (Å²) in [6.07, 6.45) is -2.72. The summed E-state index contributed by atoms with van der Waals surface area (Å²) in [7, 11) is 1.46. The van der Waals surface area contributed by atoms with E-state index in [0.717, 1.165) is 12.1 Å². The lowest BCUT2D eigenvalue weighted by Gasteiger charge is -2.07. The summed E-state index contributed by atoms with van der Waals surface area (Å²) in [6.45, 7) is 4.24. The van der Waals surface area contributed by atoms with E-state index in [1.54, 1.807) is 6.20 Å². The Labute approximate surface area is 121 Å². The van der Waals surface area contributed by atoms with E-state index < -0.39 is 11.7 Å². The molecule has 1 heterocycles. The zero-order valence-electron chi connectivity index (χ0n) is 12.1. The number of benzene rings is 1. The van der Waals surface area contributed by atoms with Gasteiger partial charge >= 0.3 is 6.18 Å². The lowest BCUT2D eigenvalue weighted by Crippen LogP contribution is -2.05. The molecule has 0 bridgehead atoms. The molecule has 0 fully saturated rings. The minimum absolute atomic E-state index is 0.240. The smallest absolute Gasteiger partial charge is 0.416 e. The highest BCUT2D eigenvalue weighted by molar-refractivity contribution is 5.37. The first-order valence-corrected chi connectivity index (χ1v) is 6.46. The Bertz CT molecular complexity index is 540. The molecular formula is C14H18F3N3O. The van der Waals surface area contributed by atoms with Gasteiger partial charge in [-0.15, -0.1) is 5.10 Å². The number of methoxy groups -OCH3 is 1. The maximum absolute atomic E-state index is 12.4. The van der Waals surface area contributed by atoms with Crippen molar-refractivity contribution in [3.8, 4) is 11.6 Å². The Balaban J connectivity index is 0.00000106. The molecule has 1 aromatic heterocycles. The van der Waals surface area contributed by atoms with Gasteiger partial charge in [0.2, 0.25) is 5.88 Å². The van der Waals surface area contributed by atoms with E-state index in [1.165, 1.54) is 23.9 Å². The fourth-order valence-corrected chi connectivity index (χ4v) is 1.64. The Morgan fingerprint density at radius 3 is 2.14 bits per heavy atom. The van der Waals surface area contributed by atoms with Crippen LogP contribution in [0.2, 0.25) is 0 Å². The van der Waals surface area contributed by atoms with E-state index in [0.29, 0.717) is 17.1 Å². The van der Waals surface area contributed by atoms with Crippen LogP contribution < -0.4 is 10.5 Å². The number of nitrogens with zero attached hydrogens (tertiary/aromatic N) is 2. The van der Waals surface area contributed by atoms with Gasteiger partial charge in [0.1, 0.15) is 0 Å². The lowest BCUT2D eigenvalue weighted by molar-refractivity contribution is -0.137. The normalized spacial score (nSPS) is 10.8. The van der Waals surface area contributed by atoms with Crippen molar-refractivity contribution in [2.24, 2.45) is 5.73 Å². The molecule has 7 heteroatoms. The number of hydrogen-bond acceptors (Lipinski definition) is 3. The zero-order chi connectivity index (χ0) is 16.0. The van der Waals surface area contributed by atoms with Crippen molar-refractivity contribution >= 4 is 0 Å². The van der Waals surface area contributed by atoms with Crippen molar-refractivity contribution in [1.29, 1.82) is 0 Å². The molecule has 2 aromatic rings. The molecule has 0 saturated heterocycles. The third kappa shape index (κ3) is 3.98. The number of aromatic nitrogens is 2. The quantitative estimate of drug-likeness (QED) is 0.945. The molecule has 2 rings (SSSR count). The van der Waals surface area contributed by atoms with Crippen LogP contribution in [0.15, 0.2) is 30.5 Å². The number of nitrogens with two attached hydrogens (primary N) is 1. The molecule has 0 saturated carbocycles. The van der Waals surface area contributed by atoms with Gasteiger partial charge in [-0.25, -0.2) is 4.68 Å². The molecule has 4 nitrogen and oxygen atoms in total. The van der Waals surface area contributed by atoms with Crippen LogP contribution in [0.3, 0.4) is 0 Å². The Hall–Kier alpha value is -2.02. The van der Waals surface area contributed by atoms with Gasteiger partial charge in [-0.2, -0.15) is 13.2 Å². The second-order valence-electron chi connectivity index (χ2n) is 3.86. The van der Waals surface area contributed by atoms with Crippen LogP contribution in [0, 0.1) is 0 Å². The van der Waals surface area contributed by atoms with Crippen molar-refractivity contribution in [1.82, 2.24) is 9.78 Å². The van der Waals surface area contributed by atoms with Gasteiger partial charge in [-0.05, 0) is 24.3 Å². The van der Waals surface area contributed by atoms with Crippen LogP contribution in [0.5, 0.6) is 5.88 Å². The fourth-order valence-electron chi connectivity index (χ4n) is 1.64. The second kappa shape index (κ2) is 7.12. The molecule has 1 aromatic carbocycles. The standard InChI is InChI=1S/C12H12F3N3O.C2H6/c1-19-11-8(6-16)7-18(17-11)10-4-2-9(3-5-10)12(13,14)15;1-2/h2-5,7H,6,16H2,1H3;1-2H3. The van der Waals surface area contributed by atoms with Gasteiger partial charge < -0.3 is 10.5 Å². The first-order valence-electron chi connectivity index (χ1n) is 6.46. The fraction of sp³-hybridized carbons (Fsp3) is 0.357. The summed E-state index contributed by atoms with van der Waals surface area (Å²) in [5, 5.41) is 4.09. The number of alkyl halides is 3. The predicted octanol–water partition coefficient (Wildman–Crippen LogP) is 3.38. The van der Waals surface area contributed by atoms with Crippen molar-refractivity contribution in [3.05, 3.63) is 41.6 Å². The number of halogens is 3. The highest BCUT2D eigenvalue weighted by atomic mass is 19.4. The maximum Gasteiger partial charge on any atom is 0.416 e. The van der Waals surface area contributed by atoms with Crippen molar-refractivity contribution in [2.75, 3.05) is 7.11 Å². The molecule has 0 atom stereocenters. The molecule has 0 aliphatic carbocycles. The van der Waals surface area contributed by atoms with Crippen molar-refractivity contribution in [3.63, 3.8) is 0 Å². The van der Waals surface area contributed by atoms with Gasteiger partial charge in [0.25, 0.3) is 0 Å². The van der Waals surface area contributed by atoms with E-state index in [9.17, 15) is 13.2 Å². The highest BCUT2D eigenvalue weighted by Crippen LogP contribution is 2.29. The lowest BCUT2D eigenvalue weighted by atomic mass is 10.2. The van der Waals surface area contributed by atoms with E-state index in [4.69, 9.17) is 10.5 Å². The van der Waals surface area contributed by atoms with Crippen LogP contribution in [0.1, 0.15) is 25.0 Å². The van der Waals surface area contributed by atoms with Crippen LogP contribution in [0.25, 0.3) is 5.69 Å². The molecule has 116 valence electrons. The van der Waals surface area contributed by atoms with Crippen molar-refractivity contribution < 1.29 is 17.9 Å². The third-order valence-electron chi connectivity index (χ3n) is 2.62. The molecule has 0 unspecified atom stereocenters. The van der Waals surface area contributed by atoms with E-state index in [1.807, 2.05) is 13.8 Å². The average Bonchev–Trinajstić information content (AvgIpc) is 2.92. The average molecular weight is 301 g/mol. The van der Waals surface area contributed by atoms with E-state index in [-0.39, 0.29) is 6.54 Å². The number of rotatable bonds is 3. The van der Waals surface area contributed by atoms with E-state index >= 15 is 0 Å². The van der Waals surface area contributed by atoms with Crippen LogP contribution in [-0.2, 0) is 12.7 Å². The van der Waals surface area contributed by atoms with Crippen LogP contribution >= 0.6 is 0 Å². The minimum atomic E-state index is -4.34. The maximum atomic E-state index is 12.4. The molecule has 0 radical (unpaired) electrons. The Morgan fingerprint density at radius 2 is 1.76 bits per heavy atom. The molecule has 0 amide bonds. The molecule has 0 spiro atoms. The predicted molar refractivity (Wildman–Crippen MR) is 74.4 cm³/mol. The van der Waals surface area contributed by atoms with Gasteiger partial charge in [-0.1, -0.05) is 13.8 Å². The van der Waals surface area contributed by atoms with Gasteiger partial charge in [0.15, 0.2) is 0 Å². The summed E-state index contributed by atoms with van der Waals surface area (Å²) in [4.78, 5) is 0. The van der Waals surface area contributed by atoms with Gasteiger partial charge in [0, 0.05) is 18.3 Å². The third-order valence-corrected chi connectivity index (χ3v) is 2.62. The first kappa shape index (κ1) is 17.0. The Kier molecular flexibility index (Phi) is 5.78. The highest BCUT2D eigenvalue weighted by Gasteiger charge is 2.30. The second-order valence-corrected chi connectivity index (χ2v) is 3.86. The minimum Gasteiger partial charge on any atom is -0.480 e. The topological polar surface area (TPSA) is 53.1 Å². The largest absolute Gasteiger partial charge is 0.480 e. The molecule has 21 heavy (non-hydrogen) atoms. The molecule has 2 N–H and O–H groups in total. The zero-order valence-corrected chi connectivity index (χ0v) is 12.1. The molecule has 0 aliphatic heterocycles. The van der Waals surface area contributed by atoms with Crippen LogP contribution in [-0.4, -0.2) is 16.9 Å². The number of hydrogen-bond donors (Lipinski definition) is 1. The van der Waals surface area contributed by atoms with E-state index in [2.05, 4.69) is 5.10 Å². The molecular weight excluding hydrogens is 283 g/mol. The SMILES string of the molecule is CC.COc1nn(-c2ccc(C(F)(F)F)cc2)cc1CN. The summed E-state index contributed by atoms with van der Waals surface area (Å²) in [6, 6.07) is 4.70.